The summed E-state index contributed by atoms with van der Waals surface area (Å²) < 4.78 is 47.6. The molecule has 0 unspecified atom stereocenters. The fourth-order valence-electron chi connectivity index (χ4n) is 1.92. The number of halogens is 3. The number of alkyl halides is 2. The van der Waals surface area contributed by atoms with Crippen molar-refractivity contribution in [3.63, 3.8) is 0 Å². The van der Waals surface area contributed by atoms with E-state index in [1.807, 2.05) is 0 Å². The average Bonchev–Trinajstić information content (AvgIpc) is 2.53. The fourth-order valence-corrected chi connectivity index (χ4v) is 1.92. The molecule has 0 bridgehead atoms. The molecule has 0 aliphatic rings. The lowest BCUT2D eigenvalue weighted by atomic mass is 10.1. The van der Waals surface area contributed by atoms with Gasteiger partial charge in [-0.3, -0.25) is 4.79 Å². The van der Waals surface area contributed by atoms with Gasteiger partial charge in [-0.05, 0) is 18.2 Å². The molecule has 1 N–H and O–H groups in total. The Kier molecular flexibility index (Phi) is 5.46. The molecule has 0 saturated heterocycles. The van der Waals surface area contributed by atoms with Gasteiger partial charge in [0.25, 0.3) is 5.91 Å². The number of carbonyl (C=O) groups is 1. The van der Waals surface area contributed by atoms with E-state index in [1.165, 1.54) is 43.5 Å². The van der Waals surface area contributed by atoms with Crippen LogP contribution in [-0.4, -0.2) is 19.6 Å². The van der Waals surface area contributed by atoms with Crippen molar-refractivity contribution in [1.29, 1.82) is 0 Å². The van der Waals surface area contributed by atoms with Crippen LogP contribution in [0.3, 0.4) is 0 Å². The summed E-state index contributed by atoms with van der Waals surface area (Å²) in [7, 11) is 1.41. The third-order valence-corrected chi connectivity index (χ3v) is 3.05. The lowest BCUT2D eigenvalue weighted by molar-refractivity contribution is -0.0501. The van der Waals surface area contributed by atoms with Gasteiger partial charge in [-0.1, -0.05) is 18.2 Å². The van der Waals surface area contributed by atoms with E-state index in [0.717, 1.165) is 0 Å². The van der Waals surface area contributed by atoms with Crippen LogP contribution in [-0.2, 0) is 6.54 Å². The molecule has 7 heteroatoms. The molecule has 0 heterocycles. The van der Waals surface area contributed by atoms with Gasteiger partial charge in [0, 0.05) is 18.2 Å². The van der Waals surface area contributed by atoms with Crippen LogP contribution in [0.15, 0.2) is 42.5 Å². The Morgan fingerprint density at radius 2 is 1.96 bits per heavy atom. The van der Waals surface area contributed by atoms with Crippen LogP contribution in [0, 0.1) is 5.82 Å². The maximum atomic E-state index is 13.8. The lowest BCUT2D eigenvalue weighted by Gasteiger charge is -2.11. The molecule has 1 amide bonds. The first-order valence-electron chi connectivity index (χ1n) is 6.65. The Morgan fingerprint density at radius 3 is 2.61 bits per heavy atom. The minimum Gasteiger partial charge on any atom is -0.497 e. The van der Waals surface area contributed by atoms with Crippen molar-refractivity contribution in [2.75, 3.05) is 7.11 Å². The van der Waals surface area contributed by atoms with E-state index in [2.05, 4.69) is 10.1 Å². The highest BCUT2D eigenvalue weighted by Gasteiger charge is 2.15. The number of para-hydroxylation sites is 1. The summed E-state index contributed by atoms with van der Waals surface area (Å²) in [6, 6.07) is 9.80. The number of amides is 1. The standard InChI is InChI=1S/C16H14F3NO3/c1-22-11-7-6-10(13(17)8-11)9-20-15(21)12-4-2-3-5-14(12)23-16(18)19/h2-8,16H,9H2,1H3,(H,20,21). The van der Waals surface area contributed by atoms with Crippen LogP contribution in [0.2, 0.25) is 0 Å². The molecular weight excluding hydrogens is 311 g/mol. The minimum atomic E-state index is -3.04. The Hall–Kier alpha value is -2.70. The Morgan fingerprint density at radius 1 is 1.22 bits per heavy atom. The summed E-state index contributed by atoms with van der Waals surface area (Å²) in [6.07, 6.45) is 0. The van der Waals surface area contributed by atoms with Crippen molar-refractivity contribution < 1.29 is 27.4 Å². The van der Waals surface area contributed by atoms with Crippen LogP contribution in [0.1, 0.15) is 15.9 Å². The molecule has 0 aromatic heterocycles. The van der Waals surface area contributed by atoms with E-state index < -0.39 is 18.3 Å². The number of ether oxygens (including phenoxy) is 2. The second-order valence-corrected chi connectivity index (χ2v) is 4.51. The van der Waals surface area contributed by atoms with Crippen molar-refractivity contribution in [3.05, 3.63) is 59.4 Å². The monoisotopic (exact) mass is 325 g/mol. The van der Waals surface area contributed by atoms with Crippen molar-refractivity contribution in [3.8, 4) is 11.5 Å². The number of nitrogens with one attached hydrogen (secondary N) is 1. The summed E-state index contributed by atoms with van der Waals surface area (Å²) in [5.41, 5.74) is 0.188. The molecule has 2 aromatic rings. The maximum Gasteiger partial charge on any atom is 0.387 e. The van der Waals surface area contributed by atoms with Crippen molar-refractivity contribution in [2.45, 2.75) is 13.2 Å². The first-order chi connectivity index (χ1) is 11.0. The molecule has 2 rings (SSSR count). The highest BCUT2D eigenvalue weighted by atomic mass is 19.3. The summed E-state index contributed by atoms with van der Waals surface area (Å²) >= 11 is 0. The van der Waals surface area contributed by atoms with Gasteiger partial charge in [0.2, 0.25) is 0 Å². The molecule has 0 atom stereocenters. The Labute approximate surface area is 130 Å². The number of rotatable bonds is 6. The van der Waals surface area contributed by atoms with E-state index >= 15 is 0 Å². The molecule has 4 nitrogen and oxygen atoms in total. The molecular formula is C16H14F3NO3. The number of benzene rings is 2. The smallest absolute Gasteiger partial charge is 0.387 e. The summed E-state index contributed by atoms with van der Waals surface area (Å²) in [6.45, 7) is -3.14. The van der Waals surface area contributed by atoms with Crippen LogP contribution in [0.25, 0.3) is 0 Å². The second kappa shape index (κ2) is 7.53. The van der Waals surface area contributed by atoms with E-state index in [0.29, 0.717) is 5.75 Å². The van der Waals surface area contributed by atoms with Gasteiger partial charge < -0.3 is 14.8 Å². The highest BCUT2D eigenvalue weighted by Crippen LogP contribution is 2.21. The van der Waals surface area contributed by atoms with E-state index in [1.54, 1.807) is 6.07 Å². The normalized spacial score (nSPS) is 10.5. The van der Waals surface area contributed by atoms with Crippen molar-refractivity contribution >= 4 is 5.91 Å². The number of carbonyl (C=O) groups excluding carboxylic acids is 1. The Bertz CT molecular complexity index is 692. The maximum absolute atomic E-state index is 13.8. The molecule has 0 radical (unpaired) electrons. The van der Waals surface area contributed by atoms with Crippen molar-refractivity contribution in [1.82, 2.24) is 5.32 Å². The van der Waals surface area contributed by atoms with Crippen LogP contribution in [0.4, 0.5) is 13.2 Å². The summed E-state index contributed by atoms with van der Waals surface area (Å²) in [5.74, 6) is -1.07. The fraction of sp³-hybridized carbons (Fsp3) is 0.188. The molecule has 122 valence electrons. The molecule has 0 spiro atoms. The zero-order valence-electron chi connectivity index (χ0n) is 12.2. The first kappa shape index (κ1) is 16.7. The number of hydrogen-bond acceptors (Lipinski definition) is 3. The zero-order chi connectivity index (χ0) is 16.8. The topological polar surface area (TPSA) is 47.6 Å². The van der Waals surface area contributed by atoms with Crippen LogP contribution >= 0.6 is 0 Å². The molecule has 0 aliphatic carbocycles. The van der Waals surface area contributed by atoms with Crippen LogP contribution < -0.4 is 14.8 Å². The molecule has 0 fully saturated rings. The van der Waals surface area contributed by atoms with Gasteiger partial charge >= 0.3 is 6.61 Å². The lowest BCUT2D eigenvalue weighted by Crippen LogP contribution is -2.24. The van der Waals surface area contributed by atoms with E-state index in [-0.39, 0.29) is 23.4 Å². The molecule has 0 aliphatic heterocycles. The Balaban J connectivity index is 2.08. The average molecular weight is 325 g/mol. The van der Waals surface area contributed by atoms with Gasteiger partial charge in [0.15, 0.2) is 0 Å². The minimum absolute atomic E-state index is 0.0540. The second-order valence-electron chi connectivity index (χ2n) is 4.51. The van der Waals surface area contributed by atoms with E-state index in [4.69, 9.17) is 4.74 Å². The zero-order valence-corrected chi connectivity index (χ0v) is 12.2. The predicted molar refractivity (Wildman–Crippen MR) is 77.2 cm³/mol. The third kappa shape index (κ3) is 4.38. The molecule has 23 heavy (non-hydrogen) atoms. The molecule has 0 saturated carbocycles. The first-order valence-corrected chi connectivity index (χ1v) is 6.65. The SMILES string of the molecule is COc1ccc(CNC(=O)c2ccccc2OC(F)F)c(F)c1. The third-order valence-electron chi connectivity index (χ3n) is 3.05. The molecule has 2 aromatic carbocycles. The van der Waals surface area contributed by atoms with E-state index in [9.17, 15) is 18.0 Å². The summed E-state index contributed by atoms with van der Waals surface area (Å²) in [5, 5.41) is 2.46. The largest absolute Gasteiger partial charge is 0.497 e. The van der Waals surface area contributed by atoms with Gasteiger partial charge in [0.1, 0.15) is 17.3 Å². The predicted octanol–water partition coefficient (Wildman–Crippen LogP) is 3.37. The quantitative estimate of drug-likeness (QED) is 0.886. The van der Waals surface area contributed by atoms with Gasteiger partial charge in [-0.15, -0.1) is 0 Å². The van der Waals surface area contributed by atoms with Crippen molar-refractivity contribution in [2.24, 2.45) is 0 Å². The highest BCUT2D eigenvalue weighted by molar-refractivity contribution is 5.96. The van der Waals surface area contributed by atoms with Crippen LogP contribution in [0.5, 0.6) is 11.5 Å². The van der Waals surface area contributed by atoms with Gasteiger partial charge in [-0.25, -0.2) is 4.39 Å². The summed E-state index contributed by atoms with van der Waals surface area (Å²) in [4.78, 5) is 12.1. The number of methoxy groups -OCH3 is 1. The number of hydrogen-bond donors (Lipinski definition) is 1. The van der Waals surface area contributed by atoms with Gasteiger partial charge in [0.05, 0.1) is 12.7 Å². The van der Waals surface area contributed by atoms with Gasteiger partial charge in [-0.2, -0.15) is 8.78 Å².